The minimum Gasteiger partial charge on any atom is -0.349 e. The topological polar surface area (TPSA) is 78.5 Å². The van der Waals surface area contributed by atoms with Crippen LogP contribution in [0.25, 0.3) is 0 Å². The lowest BCUT2D eigenvalue weighted by Crippen LogP contribution is -2.52. The molecule has 2 N–H and O–H groups in total. The maximum Gasteiger partial charge on any atom is 0.253 e. The number of carbonyl (C=O) groups is 3. The second-order valence-corrected chi connectivity index (χ2v) is 7.52. The van der Waals surface area contributed by atoms with Crippen LogP contribution in [0.1, 0.15) is 40.5 Å². The molecule has 1 saturated heterocycles. The third-order valence-corrected chi connectivity index (χ3v) is 5.34. The molecule has 0 aromatic heterocycles. The maximum absolute atomic E-state index is 12.7. The van der Waals surface area contributed by atoms with E-state index in [0.29, 0.717) is 42.1 Å². The van der Waals surface area contributed by atoms with E-state index in [4.69, 9.17) is 11.6 Å². The van der Waals surface area contributed by atoms with Crippen molar-refractivity contribution in [1.82, 2.24) is 15.5 Å². The van der Waals surface area contributed by atoms with Crippen molar-refractivity contribution in [2.45, 2.75) is 31.8 Å². The first kappa shape index (κ1) is 20.9. The van der Waals surface area contributed by atoms with E-state index in [9.17, 15) is 14.4 Å². The second kappa shape index (κ2) is 9.56. The highest BCUT2D eigenvalue weighted by atomic mass is 35.5. The van der Waals surface area contributed by atoms with E-state index in [-0.39, 0.29) is 23.8 Å². The molecular formula is C22H24ClN3O3. The summed E-state index contributed by atoms with van der Waals surface area (Å²) in [5, 5.41) is 6.08. The standard InChI is InChI=1S/C22H24ClN3O3/c1-15(24-21(28)18-9-5-6-10-19(18)23)22(29)26-13-11-17(12-14-26)25-20(27)16-7-3-2-4-8-16/h2-10,15,17H,11-14H2,1H3,(H,24,28)(H,25,27)/t15-/m0/s1. The van der Waals surface area contributed by atoms with Gasteiger partial charge in [-0.25, -0.2) is 0 Å². The summed E-state index contributed by atoms with van der Waals surface area (Å²) in [5.41, 5.74) is 0.970. The van der Waals surface area contributed by atoms with Gasteiger partial charge in [-0.1, -0.05) is 41.9 Å². The van der Waals surface area contributed by atoms with Gasteiger partial charge in [-0.3, -0.25) is 14.4 Å². The van der Waals surface area contributed by atoms with Crippen LogP contribution >= 0.6 is 11.6 Å². The Morgan fingerprint density at radius 2 is 1.59 bits per heavy atom. The molecule has 1 heterocycles. The number of rotatable bonds is 5. The highest BCUT2D eigenvalue weighted by Crippen LogP contribution is 2.16. The lowest BCUT2D eigenvalue weighted by atomic mass is 10.0. The average molecular weight is 414 g/mol. The third kappa shape index (κ3) is 5.35. The number of hydrogen-bond acceptors (Lipinski definition) is 3. The normalized spacial score (nSPS) is 15.4. The summed E-state index contributed by atoms with van der Waals surface area (Å²) in [6.45, 7) is 2.73. The Hall–Kier alpha value is -2.86. The van der Waals surface area contributed by atoms with E-state index < -0.39 is 6.04 Å². The van der Waals surface area contributed by atoms with Gasteiger partial charge in [0.2, 0.25) is 5.91 Å². The average Bonchev–Trinajstić information content (AvgIpc) is 2.74. The lowest BCUT2D eigenvalue weighted by Gasteiger charge is -2.34. The minimum absolute atomic E-state index is 0.0276. The summed E-state index contributed by atoms with van der Waals surface area (Å²) in [6, 6.07) is 15.2. The van der Waals surface area contributed by atoms with Crippen LogP contribution in [0.3, 0.4) is 0 Å². The number of nitrogens with zero attached hydrogens (tertiary/aromatic N) is 1. The number of amides is 3. The Balaban J connectivity index is 1.48. The van der Waals surface area contributed by atoms with Crippen molar-refractivity contribution in [1.29, 1.82) is 0 Å². The summed E-state index contributed by atoms with van der Waals surface area (Å²) in [7, 11) is 0. The number of likely N-dealkylation sites (tertiary alicyclic amines) is 1. The van der Waals surface area contributed by atoms with Gasteiger partial charge in [0.1, 0.15) is 6.04 Å². The minimum atomic E-state index is -0.658. The van der Waals surface area contributed by atoms with Gasteiger partial charge in [0.25, 0.3) is 11.8 Å². The molecule has 2 aromatic rings. The molecule has 6 nitrogen and oxygen atoms in total. The third-order valence-electron chi connectivity index (χ3n) is 5.01. The van der Waals surface area contributed by atoms with Crippen molar-refractivity contribution in [2.75, 3.05) is 13.1 Å². The molecule has 1 fully saturated rings. The Bertz CT molecular complexity index is 880. The molecule has 0 aliphatic carbocycles. The SMILES string of the molecule is C[C@H](NC(=O)c1ccccc1Cl)C(=O)N1CCC(NC(=O)c2ccccc2)CC1. The number of piperidine rings is 1. The second-order valence-electron chi connectivity index (χ2n) is 7.11. The molecule has 0 saturated carbocycles. The molecule has 7 heteroatoms. The van der Waals surface area contributed by atoms with E-state index in [1.54, 1.807) is 48.2 Å². The molecule has 3 rings (SSSR count). The molecule has 1 atom stereocenters. The summed E-state index contributed by atoms with van der Waals surface area (Å²) in [4.78, 5) is 39.0. The van der Waals surface area contributed by atoms with E-state index in [1.165, 1.54) is 0 Å². The first-order valence-electron chi connectivity index (χ1n) is 9.66. The monoisotopic (exact) mass is 413 g/mol. The number of benzene rings is 2. The van der Waals surface area contributed by atoms with Crippen LogP contribution in [-0.2, 0) is 4.79 Å². The fourth-order valence-electron chi connectivity index (χ4n) is 3.36. The summed E-state index contributed by atoms with van der Waals surface area (Å²) >= 11 is 6.04. The molecular weight excluding hydrogens is 390 g/mol. The summed E-state index contributed by atoms with van der Waals surface area (Å²) in [6.07, 6.45) is 1.35. The van der Waals surface area contributed by atoms with Crippen molar-refractivity contribution < 1.29 is 14.4 Å². The van der Waals surface area contributed by atoms with Crippen LogP contribution in [-0.4, -0.2) is 47.8 Å². The van der Waals surface area contributed by atoms with Gasteiger partial charge in [-0.15, -0.1) is 0 Å². The van der Waals surface area contributed by atoms with Crippen molar-refractivity contribution in [3.05, 3.63) is 70.7 Å². The highest BCUT2D eigenvalue weighted by molar-refractivity contribution is 6.33. The van der Waals surface area contributed by atoms with E-state index in [1.807, 2.05) is 18.2 Å². The van der Waals surface area contributed by atoms with Crippen LogP contribution < -0.4 is 10.6 Å². The van der Waals surface area contributed by atoms with Gasteiger partial charge < -0.3 is 15.5 Å². The van der Waals surface area contributed by atoms with Crippen LogP contribution in [0, 0.1) is 0 Å². The smallest absolute Gasteiger partial charge is 0.253 e. The summed E-state index contributed by atoms with van der Waals surface area (Å²) in [5.74, 6) is -0.615. The molecule has 1 aliphatic rings. The number of carbonyl (C=O) groups excluding carboxylic acids is 3. The summed E-state index contributed by atoms with van der Waals surface area (Å²) < 4.78 is 0. The van der Waals surface area contributed by atoms with E-state index >= 15 is 0 Å². The highest BCUT2D eigenvalue weighted by Gasteiger charge is 2.28. The van der Waals surface area contributed by atoms with Gasteiger partial charge >= 0.3 is 0 Å². The fraction of sp³-hybridized carbons (Fsp3) is 0.318. The Kier molecular flexibility index (Phi) is 6.88. The van der Waals surface area contributed by atoms with Crippen LogP contribution in [0.2, 0.25) is 5.02 Å². The molecule has 0 spiro atoms. The first-order valence-corrected chi connectivity index (χ1v) is 10.0. The zero-order valence-corrected chi connectivity index (χ0v) is 17.0. The van der Waals surface area contributed by atoms with Crippen molar-refractivity contribution in [3.8, 4) is 0 Å². The Morgan fingerprint density at radius 3 is 2.24 bits per heavy atom. The van der Waals surface area contributed by atoms with Gasteiger partial charge in [-0.05, 0) is 44.0 Å². The quantitative estimate of drug-likeness (QED) is 0.791. The van der Waals surface area contributed by atoms with Crippen LogP contribution in [0.4, 0.5) is 0 Å². The molecule has 0 bridgehead atoms. The number of halogens is 1. The predicted molar refractivity (Wildman–Crippen MR) is 112 cm³/mol. The predicted octanol–water partition coefficient (Wildman–Crippen LogP) is 2.88. The molecule has 2 aromatic carbocycles. The largest absolute Gasteiger partial charge is 0.349 e. The van der Waals surface area contributed by atoms with Crippen LogP contribution in [0.5, 0.6) is 0 Å². The van der Waals surface area contributed by atoms with Gasteiger partial charge in [0, 0.05) is 24.7 Å². The van der Waals surface area contributed by atoms with Gasteiger partial charge in [0.15, 0.2) is 0 Å². The molecule has 29 heavy (non-hydrogen) atoms. The van der Waals surface area contributed by atoms with Crippen molar-refractivity contribution >= 4 is 29.3 Å². The van der Waals surface area contributed by atoms with Crippen molar-refractivity contribution in [2.24, 2.45) is 0 Å². The Labute approximate surface area is 175 Å². The molecule has 0 radical (unpaired) electrons. The number of nitrogens with one attached hydrogen (secondary N) is 2. The van der Waals surface area contributed by atoms with Crippen LogP contribution in [0.15, 0.2) is 54.6 Å². The molecule has 152 valence electrons. The zero-order valence-electron chi connectivity index (χ0n) is 16.2. The van der Waals surface area contributed by atoms with Gasteiger partial charge in [-0.2, -0.15) is 0 Å². The first-order chi connectivity index (χ1) is 14.0. The lowest BCUT2D eigenvalue weighted by molar-refractivity contribution is -0.133. The Morgan fingerprint density at radius 1 is 0.966 bits per heavy atom. The maximum atomic E-state index is 12.7. The molecule has 1 aliphatic heterocycles. The van der Waals surface area contributed by atoms with Gasteiger partial charge in [0.05, 0.1) is 10.6 Å². The fourth-order valence-corrected chi connectivity index (χ4v) is 3.58. The molecule has 3 amide bonds. The van der Waals surface area contributed by atoms with Crippen molar-refractivity contribution in [3.63, 3.8) is 0 Å². The van der Waals surface area contributed by atoms with E-state index in [2.05, 4.69) is 10.6 Å². The number of hydrogen-bond donors (Lipinski definition) is 2. The van der Waals surface area contributed by atoms with E-state index in [0.717, 1.165) is 0 Å². The zero-order chi connectivity index (χ0) is 20.8. The molecule has 0 unspecified atom stereocenters.